The fraction of sp³-hybridized carbons (Fsp3) is 0.250. The van der Waals surface area contributed by atoms with Crippen molar-refractivity contribution >= 4 is 28.7 Å². The molecule has 4 heterocycles. The van der Waals surface area contributed by atoms with E-state index in [-0.39, 0.29) is 42.2 Å². The van der Waals surface area contributed by atoms with Crippen LogP contribution in [0.25, 0.3) is 22.6 Å². The number of hydrogen-bond acceptors (Lipinski definition) is 6. The lowest BCUT2D eigenvalue weighted by Crippen LogP contribution is -2.32. The summed E-state index contributed by atoms with van der Waals surface area (Å²) < 4.78 is 28.6. The second-order valence-corrected chi connectivity index (χ2v) is 8.62. The van der Waals surface area contributed by atoms with Crippen LogP contribution in [0.2, 0.25) is 0 Å². The summed E-state index contributed by atoms with van der Waals surface area (Å²) in [6.45, 7) is 2.48. The predicted octanol–water partition coefficient (Wildman–Crippen LogP) is 3.00. The van der Waals surface area contributed by atoms with Crippen LogP contribution in [0.5, 0.6) is 0 Å². The summed E-state index contributed by atoms with van der Waals surface area (Å²) in [5.41, 5.74) is 0.431. The molecule has 1 aliphatic rings. The van der Waals surface area contributed by atoms with E-state index in [4.69, 9.17) is 0 Å². The van der Waals surface area contributed by atoms with Gasteiger partial charge in [-0.3, -0.25) is 9.59 Å². The van der Waals surface area contributed by atoms with Gasteiger partial charge in [0.15, 0.2) is 11.5 Å². The highest BCUT2D eigenvalue weighted by Crippen LogP contribution is 2.39. The predicted molar refractivity (Wildman–Crippen MR) is 124 cm³/mol. The van der Waals surface area contributed by atoms with E-state index >= 15 is 0 Å². The van der Waals surface area contributed by atoms with Crippen LogP contribution in [0.15, 0.2) is 42.6 Å². The minimum Gasteiger partial charge on any atom is -0.348 e. The maximum atomic E-state index is 14.3. The van der Waals surface area contributed by atoms with E-state index in [2.05, 4.69) is 30.7 Å². The second kappa shape index (κ2) is 8.49. The molecule has 35 heavy (non-hydrogen) atoms. The van der Waals surface area contributed by atoms with Crippen molar-refractivity contribution < 1.29 is 18.4 Å². The van der Waals surface area contributed by atoms with Gasteiger partial charge >= 0.3 is 0 Å². The highest BCUT2D eigenvalue weighted by molar-refractivity contribution is 6.09. The van der Waals surface area contributed by atoms with E-state index in [1.165, 1.54) is 10.7 Å². The number of benzene rings is 1. The largest absolute Gasteiger partial charge is 0.348 e. The molecule has 9 nitrogen and oxygen atoms in total. The Morgan fingerprint density at radius 1 is 1.17 bits per heavy atom. The van der Waals surface area contributed by atoms with Crippen molar-refractivity contribution in [1.82, 2.24) is 30.0 Å². The molecule has 3 aromatic heterocycles. The van der Waals surface area contributed by atoms with E-state index in [9.17, 15) is 18.4 Å². The minimum absolute atomic E-state index is 0.0394. The van der Waals surface area contributed by atoms with Crippen LogP contribution in [0, 0.1) is 5.82 Å². The van der Waals surface area contributed by atoms with Crippen LogP contribution in [-0.4, -0.2) is 49.8 Å². The summed E-state index contributed by atoms with van der Waals surface area (Å²) in [6.07, 6.45) is 1.59. The van der Waals surface area contributed by atoms with Gasteiger partial charge in [0.2, 0.25) is 5.91 Å². The zero-order valence-electron chi connectivity index (χ0n) is 19.0. The first-order chi connectivity index (χ1) is 16.8. The number of carbonyl (C=O) groups is 2. The van der Waals surface area contributed by atoms with Gasteiger partial charge < -0.3 is 10.6 Å². The highest BCUT2D eigenvalue weighted by atomic mass is 19.1. The molecule has 0 aliphatic carbocycles. The first-order valence-electron chi connectivity index (χ1n) is 10.9. The maximum Gasteiger partial charge on any atom is 0.270 e. The van der Waals surface area contributed by atoms with Gasteiger partial charge in [0, 0.05) is 23.9 Å². The van der Waals surface area contributed by atoms with Crippen molar-refractivity contribution in [3.8, 4) is 11.5 Å². The number of hydrogen-bond donors (Lipinski definition) is 2. The van der Waals surface area contributed by atoms with Crippen LogP contribution in [0.4, 0.5) is 14.6 Å². The molecule has 0 radical (unpaired) electrons. The zero-order valence-corrected chi connectivity index (χ0v) is 19.0. The molecule has 1 aromatic carbocycles. The third-order valence-corrected chi connectivity index (χ3v) is 5.93. The average Bonchev–Trinajstić information content (AvgIpc) is 3.32. The first-order valence-corrected chi connectivity index (χ1v) is 10.9. The number of anilines is 1. The van der Waals surface area contributed by atoms with Gasteiger partial charge in [-0.15, -0.1) is 0 Å². The van der Waals surface area contributed by atoms with Crippen molar-refractivity contribution in [1.29, 1.82) is 0 Å². The summed E-state index contributed by atoms with van der Waals surface area (Å²) in [5, 5.41) is 10.4. The number of nitrogens with one attached hydrogen (secondary N) is 2. The Morgan fingerprint density at radius 2 is 1.97 bits per heavy atom. The van der Waals surface area contributed by atoms with Gasteiger partial charge in [-0.05, 0) is 32.0 Å². The molecule has 0 unspecified atom stereocenters. The second-order valence-electron chi connectivity index (χ2n) is 8.62. The number of rotatable bonds is 6. The lowest BCUT2D eigenvalue weighted by atomic mass is 9.85. The molecular weight excluding hydrogens is 456 g/mol. The van der Waals surface area contributed by atoms with Gasteiger partial charge in [-0.2, -0.15) is 5.10 Å². The molecule has 4 aromatic rings. The molecule has 1 aliphatic heterocycles. The number of aromatic nitrogens is 5. The van der Waals surface area contributed by atoms with E-state index in [0.717, 1.165) is 0 Å². The molecule has 5 rings (SSSR count). The maximum absolute atomic E-state index is 14.3. The van der Waals surface area contributed by atoms with Gasteiger partial charge in [0.1, 0.15) is 29.7 Å². The quantitative estimate of drug-likeness (QED) is 0.441. The summed E-state index contributed by atoms with van der Waals surface area (Å²) in [5.74, 6) is -1.07. The molecule has 0 fully saturated rings. The standard InChI is InChI=1S/C24H21F2N7O2/c1-24(2)16-18(22(34)28-11-9-25)29-20(30-19(16)31-23(24)35)17-14-7-5-10-27-21(14)33(32-17)12-13-6-3-4-8-15(13)26/h3-8,10H,9,11-12H2,1-2H3,(H,28,34)(H,29,30,31,35). The van der Waals surface area contributed by atoms with Crippen LogP contribution >= 0.6 is 0 Å². The van der Waals surface area contributed by atoms with Crippen LogP contribution in [-0.2, 0) is 16.8 Å². The third-order valence-electron chi connectivity index (χ3n) is 5.93. The van der Waals surface area contributed by atoms with Crippen LogP contribution in [0.1, 0.15) is 35.5 Å². The molecule has 0 bridgehead atoms. The van der Waals surface area contributed by atoms with Gasteiger partial charge in [0.05, 0.1) is 17.3 Å². The highest BCUT2D eigenvalue weighted by Gasteiger charge is 2.44. The molecule has 0 atom stereocenters. The Kier molecular flexibility index (Phi) is 5.46. The first kappa shape index (κ1) is 22.5. The summed E-state index contributed by atoms with van der Waals surface area (Å²) in [6, 6.07) is 9.84. The molecule has 0 saturated carbocycles. The van der Waals surface area contributed by atoms with E-state index < -0.39 is 18.0 Å². The number of amides is 2. The lowest BCUT2D eigenvalue weighted by molar-refractivity contribution is -0.119. The van der Waals surface area contributed by atoms with E-state index in [1.807, 2.05) is 0 Å². The average molecular weight is 477 g/mol. The topological polar surface area (TPSA) is 115 Å². The SMILES string of the molecule is CC1(C)C(=O)Nc2nc(-c3nn(Cc4ccccc4F)c4ncccc34)nc(C(=O)NCCF)c21. The zero-order chi connectivity index (χ0) is 24.7. The van der Waals surface area contributed by atoms with Crippen molar-refractivity contribution in [2.75, 3.05) is 18.5 Å². The molecule has 2 N–H and O–H groups in total. The fourth-order valence-corrected chi connectivity index (χ4v) is 4.11. The summed E-state index contributed by atoms with van der Waals surface area (Å²) in [4.78, 5) is 38.9. The number of carbonyl (C=O) groups excluding carboxylic acids is 2. The van der Waals surface area contributed by atoms with Crippen molar-refractivity contribution in [2.24, 2.45) is 0 Å². The Bertz CT molecular complexity index is 1480. The summed E-state index contributed by atoms with van der Waals surface area (Å²) in [7, 11) is 0. The molecule has 0 saturated heterocycles. The van der Waals surface area contributed by atoms with Gasteiger partial charge in [-0.25, -0.2) is 28.4 Å². The molecule has 2 amide bonds. The van der Waals surface area contributed by atoms with E-state index in [0.29, 0.717) is 27.9 Å². The van der Waals surface area contributed by atoms with Crippen molar-refractivity contribution in [3.63, 3.8) is 0 Å². The smallest absolute Gasteiger partial charge is 0.270 e. The summed E-state index contributed by atoms with van der Waals surface area (Å²) >= 11 is 0. The molecular formula is C24H21F2N7O2. The van der Waals surface area contributed by atoms with Crippen molar-refractivity contribution in [3.05, 3.63) is 65.2 Å². The molecule has 0 spiro atoms. The van der Waals surface area contributed by atoms with Gasteiger partial charge in [-0.1, -0.05) is 18.2 Å². The Morgan fingerprint density at radius 3 is 2.74 bits per heavy atom. The van der Waals surface area contributed by atoms with Crippen LogP contribution in [0.3, 0.4) is 0 Å². The number of alkyl halides is 1. The normalized spacial score (nSPS) is 14.1. The Balaban J connectivity index is 1.68. The minimum atomic E-state index is -1.07. The number of nitrogens with zero attached hydrogens (tertiary/aromatic N) is 5. The number of halogens is 2. The Labute approximate surface area is 198 Å². The third kappa shape index (κ3) is 3.78. The Hall–Kier alpha value is -4.28. The monoisotopic (exact) mass is 477 g/mol. The number of fused-ring (bicyclic) bond motifs is 2. The number of pyridine rings is 1. The van der Waals surface area contributed by atoms with Crippen LogP contribution < -0.4 is 10.6 Å². The van der Waals surface area contributed by atoms with Crippen molar-refractivity contribution in [2.45, 2.75) is 25.8 Å². The lowest BCUT2D eigenvalue weighted by Gasteiger charge is -2.17. The van der Waals surface area contributed by atoms with E-state index in [1.54, 1.807) is 50.4 Å². The fourth-order valence-electron chi connectivity index (χ4n) is 4.11. The van der Waals surface area contributed by atoms with Gasteiger partial charge in [0.25, 0.3) is 5.91 Å². The molecule has 11 heteroatoms. The molecule has 178 valence electrons.